The summed E-state index contributed by atoms with van der Waals surface area (Å²) in [6, 6.07) is 0. The number of alkyl halides is 3. The fraction of sp³-hybridized carbons (Fsp3) is 0.818. The summed E-state index contributed by atoms with van der Waals surface area (Å²) in [7, 11) is 0. The summed E-state index contributed by atoms with van der Waals surface area (Å²) in [5.41, 5.74) is 0. The topological polar surface area (TPSA) is 39.9 Å². The maximum absolute atomic E-state index is 11.9. The van der Waals surface area contributed by atoms with Gasteiger partial charge in [0.25, 0.3) is 6.43 Å². The minimum Gasteiger partial charge on any atom is -0.375 e. The zero-order valence-corrected chi connectivity index (χ0v) is 12.2. The largest absolute Gasteiger partial charge is 0.375 e. The van der Waals surface area contributed by atoms with Crippen molar-refractivity contribution in [3.63, 3.8) is 0 Å². The third-order valence-electron chi connectivity index (χ3n) is 2.29. The van der Waals surface area contributed by atoms with E-state index in [4.69, 9.17) is 4.74 Å². The van der Waals surface area contributed by atoms with E-state index in [1.54, 1.807) is 0 Å². The van der Waals surface area contributed by atoms with Crippen LogP contribution in [0.25, 0.3) is 0 Å². The average Bonchev–Trinajstić information content (AvgIpc) is 2.66. The van der Waals surface area contributed by atoms with Crippen molar-refractivity contribution in [1.29, 1.82) is 0 Å². The molecular formula is C11H18BrF2N3O. The molecule has 0 saturated heterocycles. The normalized spacial score (nSPS) is 11.7. The van der Waals surface area contributed by atoms with Gasteiger partial charge in [-0.25, -0.2) is 8.78 Å². The van der Waals surface area contributed by atoms with Crippen molar-refractivity contribution in [2.75, 3.05) is 13.2 Å². The van der Waals surface area contributed by atoms with Gasteiger partial charge in [-0.1, -0.05) is 29.8 Å². The van der Waals surface area contributed by atoms with E-state index in [0.29, 0.717) is 17.7 Å². The van der Waals surface area contributed by atoms with Crippen LogP contribution in [0.3, 0.4) is 0 Å². The maximum Gasteiger partial charge on any atom is 0.261 e. The highest BCUT2D eigenvalue weighted by Crippen LogP contribution is 2.10. The van der Waals surface area contributed by atoms with Gasteiger partial charge >= 0.3 is 0 Å². The SMILES string of the molecule is CC(C)Cn1c(CBr)nnc1CCOCC(F)F. The Kier molecular flexibility index (Phi) is 6.70. The molecule has 0 N–H and O–H groups in total. The lowest BCUT2D eigenvalue weighted by Crippen LogP contribution is -2.14. The lowest BCUT2D eigenvalue weighted by Gasteiger charge is -2.11. The van der Waals surface area contributed by atoms with E-state index in [9.17, 15) is 8.78 Å². The first-order chi connectivity index (χ1) is 8.54. The van der Waals surface area contributed by atoms with Gasteiger partial charge < -0.3 is 9.30 Å². The number of rotatable bonds is 8. The number of ether oxygens (including phenoxy) is 1. The van der Waals surface area contributed by atoms with Gasteiger partial charge in [0.1, 0.15) is 18.3 Å². The summed E-state index contributed by atoms with van der Waals surface area (Å²) in [5.74, 6) is 2.11. The molecule has 0 atom stereocenters. The molecule has 1 heterocycles. The van der Waals surface area contributed by atoms with Gasteiger partial charge in [-0.2, -0.15) is 0 Å². The molecule has 0 saturated carbocycles. The Morgan fingerprint density at radius 1 is 1.28 bits per heavy atom. The Balaban J connectivity index is 2.56. The first kappa shape index (κ1) is 15.5. The van der Waals surface area contributed by atoms with Gasteiger partial charge in [0, 0.05) is 13.0 Å². The van der Waals surface area contributed by atoms with Crippen molar-refractivity contribution in [2.45, 2.75) is 38.6 Å². The Bertz CT molecular complexity index is 358. The molecule has 0 aliphatic rings. The van der Waals surface area contributed by atoms with Crippen LogP contribution in [0.5, 0.6) is 0 Å². The predicted octanol–water partition coefficient (Wildman–Crippen LogP) is 2.65. The van der Waals surface area contributed by atoms with Crippen LogP contribution in [0.15, 0.2) is 0 Å². The van der Waals surface area contributed by atoms with Gasteiger partial charge in [-0.15, -0.1) is 10.2 Å². The summed E-state index contributed by atoms with van der Waals surface area (Å²) in [6.07, 6.45) is -1.92. The number of hydrogen-bond donors (Lipinski definition) is 0. The van der Waals surface area contributed by atoms with E-state index in [-0.39, 0.29) is 6.61 Å². The van der Waals surface area contributed by atoms with Gasteiger partial charge in [0.2, 0.25) is 0 Å². The molecule has 4 nitrogen and oxygen atoms in total. The zero-order chi connectivity index (χ0) is 13.5. The maximum atomic E-state index is 11.9. The first-order valence-electron chi connectivity index (χ1n) is 5.87. The van der Waals surface area contributed by atoms with Crippen LogP contribution in [-0.2, 0) is 23.0 Å². The van der Waals surface area contributed by atoms with E-state index in [1.807, 2.05) is 4.57 Å². The molecule has 0 radical (unpaired) electrons. The molecule has 0 aromatic carbocycles. The van der Waals surface area contributed by atoms with Crippen LogP contribution < -0.4 is 0 Å². The third kappa shape index (κ3) is 4.97. The van der Waals surface area contributed by atoms with Crippen LogP contribution in [0.1, 0.15) is 25.5 Å². The second-order valence-electron chi connectivity index (χ2n) is 4.39. The summed E-state index contributed by atoms with van der Waals surface area (Å²) in [5, 5.41) is 8.77. The minimum atomic E-state index is -2.42. The van der Waals surface area contributed by atoms with Gasteiger partial charge in [-0.3, -0.25) is 0 Å². The smallest absolute Gasteiger partial charge is 0.261 e. The van der Waals surface area contributed by atoms with Crippen molar-refractivity contribution in [1.82, 2.24) is 14.8 Å². The standard InChI is InChI=1S/C11H18BrF2N3O/c1-8(2)6-17-10(15-16-11(17)5-12)3-4-18-7-9(13)14/h8-9H,3-7H2,1-2H3. The molecule has 0 aliphatic heterocycles. The molecule has 0 amide bonds. The molecule has 0 bridgehead atoms. The van der Waals surface area contributed by atoms with E-state index < -0.39 is 13.0 Å². The lowest BCUT2D eigenvalue weighted by atomic mass is 10.2. The Morgan fingerprint density at radius 2 is 1.94 bits per heavy atom. The highest BCUT2D eigenvalue weighted by atomic mass is 79.9. The van der Waals surface area contributed by atoms with Crippen LogP contribution in [0.4, 0.5) is 8.78 Å². The van der Waals surface area contributed by atoms with Crippen LogP contribution in [0, 0.1) is 5.92 Å². The third-order valence-corrected chi connectivity index (χ3v) is 2.79. The number of hydrogen-bond acceptors (Lipinski definition) is 3. The van der Waals surface area contributed by atoms with Crippen molar-refractivity contribution < 1.29 is 13.5 Å². The van der Waals surface area contributed by atoms with Gasteiger partial charge in [0.15, 0.2) is 0 Å². The van der Waals surface area contributed by atoms with Crippen LogP contribution in [-0.4, -0.2) is 34.4 Å². The van der Waals surface area contributed by atoms with Crippen molar-refractivity contribution in [2.24, 2.45) is 5.92 Å². The Labute approximate surface area is 114 Å². The first-order valence-corrected chi connectivity index (χ1v) is 6.99. The molecule has 1 aromatic rings. The van der Waals surface area contributed by atoms with Gasteiger partial charge in [-0.05, 0) is 5.92 Å². The van der Waals surface area contributed by atoms with Crippen LogP contribution in [0.2, 0.25) is 0 Å². The fourth-order valence-electron chi connectivity index (χ4n) is 1.57. The minimum absolute atomic E-state index is 0.239. The molecule has 0 unspecified atom stereocenters. The van der Waals surface area contributed by atoms with E-state index >= 15 is 0 Å². The molecule has 0 fully saturated rings. The lowest BCUT2D eigenvalue weighted by molar-refractivity contribution is 0.0180. The quantitative estimate of drug-likeness (QED) is 0.545. The molecule has 0 spiro atoms. The molecule has 1 rings (SSSR count). The predicted molar refractivity (Wildman–Crippen MR) is 68.0 cm³/mol. The molecular weight excluding hydrogens is 308 g/mol. The second kappa shape index (κ2) is 7.78. The average molecular weight is 326 g/mol. The summed E-state index contributed by atoms with van der Waals surface area (Å²) >= 11 is 3.36. The molecule has 1 aromatic heterocycles. The fourth-order valence-corrected chi connectivity index (χ4v) is 1.98. The van der Waals surface area contributed by atoms with Crippen LogP contribution >= 0.6 is 15.9 Å². The van der Waals surface area contributed by atoms with Crippen molar-refractivity contribution >= 4 is 15.9 Å². The summed E-state index contributed by atoms with van der Waals surface area (Å²) in [4.78, 5) is 0. The summed E-state index contributed by atoms with van der Waals surface area (Å²) < 4.78 is 30.7. The number of aromatic nitrogens is 3. The highest BCUT2D eigenvalue weighted by molar-refractivity contribution is 9.08. The molecule has 0 aliphatic carbocycles. The van der Waals surface area contributed by atoms with Crippen molar-refractivity contribution in [3.8, 4) is 0 Å². The highest BCUT2D eigenvalue weighted by Gasteiger charge is 2.12. The Hall–Kier alpha value is -0.560. The second-order valence-corrected chi connectivity index (χ2v) is 4.95. The summed E-state index contributed by atoms with van der Waals surface area (Å²) in [6.45, 7) is 4.74. The van der Waals surface area contributed by atoms with E-state index in [0.717, 1.165) is 18.2 Å². The zero-order valence-electron chi connectivity index (χ0n) is 10.6. The molecule has 7 heteroatoms. The number of halogens is 3. The molecule has 104 valence electrons. The van der Waals surface area contributed by atoms with E-state index in [1.165, 1.54) is 0 Å². The number of nitrogens with zero attached hydrogens (tertiary/aromatic N) is 3. The van der Waals surface area contributed by atoms with Gasteiger partial charge in [0.05, 0.1) is 11.9 Å². The van der Waals surface area contributed by atoms with Crippen molar-refractivity contribution in [3.05, 3.63) is 11.6 Å². The monoisotopic (exact) mass is 325 g/mol. The van der Waals surface area contributed by atoms with E-state index in [2.05, 4.69) is 40.0 Å². The molecule has 18 heavy (non-hydrogen) atoms. The Morgan fingerprint density at radius 3 is 2.50 bits per heavy atom.